The number of aromatic nitrogens is 1. The van der Waals surface area contributed by atoms with E-state index in [1.54, 1.807) is 12.3 Å². The molecule has 0 unspecified atom stereocenters. The normalized spacial score (nSPS) is 11.5. The lowest BCUT2D eigenvalue weighted by Crippen LogP contribution is -2.24. The number of urea groups is 1. The van der Waals surface area contributed by atoms with Gasteiger partial charge in [-0.1, -0.05) is 19.9 Å². The van der Waals surface area contributed by atoms with Crippen LogP contribution in [0.2, 0.25) is 0 Å². The number of carbonyl (C=O) groups excluding carboxylic acids is 1. The molecule has 2 rings (SSSR count). The highest BCUT2D eigenvalue weighted by atomic mass is 32.2. The summed E-state index contributed by atoms with van der Waals surface area (Å²) in [6.07, 6.45) is 3.23. The monoisotopic (exact) mass is 426 g/mol. The third-order valence-electron chi connectivity index (χ3n) is 3.47. The maximum absolute atomic E-state index is 12.3. The van der Waals surface area contributed by atoms with Crippen LogP contribution in [-0.4, -0.2) is 38.8 Å². The predicted octanol–water partition coefficient (Wildman–Crippen LogP) is 3.22. The van der Waals surface area contributed by atoms with Gasteiger partial charge in [-0.3, -0.25) is 5.32 Å². The highest BCUT2D eigenvalue weighted by molar-refractivity contribution is 7.88. The second-order valence-electron chi connectivity index (χ2n) is 6.83. The van der Waals surface area contributed by atoms with E-state index in [0.29, 0.717) is 35.5 Å². The zero-order valence-corrected chi connectivity index (χ0v) is 18.0. The number of hydrogen-bond donors (Lipinski definition) is 3. The Morgan fingerprint density at radius 3 is 2.71 bits per heavy atom. The van der Waals surface area contributed by atoms with E-state index in [2.05, 4.69) is 34.2 Å². The molecule has 0 saturated carbocycles. The van der Waals surface area contributed by atoms with Crippen LogP contribution in [0.3, 0.4) is 0 Å². The van der Waals surface area contributed by atoms with Crippen LogP contribution in [0.15, 0.2) is 24.4 Å². The Kier molecular flexibility index (Phi) is 7.78. The lowest BCUT2D eigenvalue weighted by molar-refractivity contribution is 0.260. The van der Waals surface area contributed by atoms with E-state index >= 15 is 0 Å². The first-order chi connectivity index (χ1) is 13.1. The molecule has 1 heterocycles. The summed E-state index contributed by atoms with van der Waals surface area (Å²) >= 11 is 1.29. The molecule has 0 aliphatic heterocycles. The van der Waals surface area contributed by atoms with Gasteiger partial charge in [-0.25, -0.2) is 22.9 Å². The minimum Gasteiger partial charge on any atom is -0.491 e. The van der Waals surface area contributed by atoms with Crippen LogP contribution in [0.25, 0.3) is 0 Å². The molecular weight excluding hydrogens is 400 g/mol. The summed E-state index contributed by atoms with van der Waals surface area (Å²) in [5.41, 5.74) is 1.62. The Morgan fingerprint density at radius 2 is 2.04 bits per heavy atom. The number of nitrogens with one attached hydrogen (secondary N) is 3. The number of ether oxygens (including phenoxy) is 1. The van der Waals surface area contributed by atoms with Crippen LogP contribution in [0.1, 0.15) is 24.3 Å². The number of carbonyl (C=O) groups is 1. The summed E-state index contributed by atoms with van der Waals surface area (Å²) in [6, 6.07) is 5.16. The number of hydrogen-bond acceptors (Lipinski definition) is 6. The first-order valence-corrected chi connectivity index (χ1v) is 11.5. The van der Waals surface area contributed by atoms with E-state index < -0.39 is 16.1 Å². The van der Waals surface area contributed by atoms with Gasteiger partial charge in [-0.15, -0.1) is 11.3 Å². The number of aryl methyl sites for hydroxylation is 1. The van der Waals surface area contributed by atoms with Gasteiger partial charge in [0.2, 0.25) is 10.0 Å². The minimum absolute atomic E-state index is 0.284. The van der Waals surface area contributed by atoms with E-state index in [4.69, 9.17) is 4.74 Å². The fourth-order valence-corrected chi connectivity index (χ4v) is 3.48. The molecule has 0 aliphatic rings. The van der Waals surface area contributed by atoms with E-state index in [-0.39, 0.29) is 6.54 Å². The van der Waals surface area contributed by atoms with Crippen molar-refractivity contribution in [3.8, 4) is 5.75 Å². The Hall–Kier alpha value is -2.17. The summed E-state index contributed by atoms with van der Waals surface area (Å²) in [4.78, 5) is 17.3. The third-order valence-corrected chi connectivity index (χ3v) is 5.17. The summed E-state index contributed by atoms with van der Waals surface area (Å²) in [5, 5.41) is 5.90. The first-order valence-electron chi connectivity index (χ1n) is 8.83. The van der Waals surface area contributed by atoms with Crippen molar-refractivity contribution in [1.29, 1.82) is 0 Å². The van der Waals surface area contributed by atoms with E-state index in [1.165, 1.54) is 11.3 Å². The SMILES string of the molecule is Cc1ccc(NC(=O)Nc2ncc(CCNS(C)(=O)=O)s2)c(OCC(C)C)c1. The summed E-state index contributed by atoms with van der Waals surface area (Å²) < 4.78 is 30.4. The largest absolute Gasteiger partial charge is 0.491 e. The van der Waals surface area contributed by atoms with Crippen molar-refractivity contribution in [2.24, 2.45) is 5.92 Å². The van der Waals surface area contributed by atoms with Gasteiger partial charge in [0, 0.05) is 17.6 Å². The van der Waals surface area contributed by atoms with E-state index in [0.717, 1.165) is 16.7 Å². The smallest absolute Gasteiger partial charge is 0.325 e. The van der Waals surface area contributed by atoms with Crippen molar-refractivity contribution in [1.82, 2.24) is 9.71 Å². The predicted molar refractivity (Wildman–Crippen MR) is 113 cm³/mol. The van der Waals surface area contributed by atoms with Gasteiger partial charge in [0.05, 0.1) is 18.6 Å². The molecule has 2 amide bonds. The molecule has 0 radical (unpaired) electrons. The van der Waals surface area contributed by atoms with Crippen molar-refractivity contribution in [2.45, 2.75) is 27.2 Å². The van der Waals surface area contributed by atoms with Crippen LogP contribution >= 0.6 is 11.3 Å². The standard InChI is InChI=1S/C18H26N4O4S2/c1-12(2)11-26-16-9-13(3)5-6-15(16)21-17(23)22-18-19-10-14(27-18)7-8-20-28(4,24)25/h5-6,9-10,12,20H,7-8,11H2,1-4H3,(H2,19,21,22,23). The first kappa shape index (κ1) is 22.1. The number of anilines is 2. The number of benzene rings is 1. The van der Waals surface area contributed by atoms with Gasteiger partial charge in [-0.05, 0) is 37.0 Å². The van der Waals surface area contributed by atoms with Crippen LogP contribution < -0.4 is 20.1 Å². The van der Waals surface area contributed by atoms with Gasteiger partial charge in [0.1, 0.15) is 5.75 Å². The maximum atomic E-state index is 12.3. The van der Waals surface area contributed by atoms with Crippen LogP contribution in [-0.2, 0) is 16.4 Å². The molecular formula is C18H26N4O4S2. The molecule has 1 aromatic carbocycles. The lowest BCUT2D eigenvalue weighted by Gasteiger charge is -2.14. The summed E-state index contributed by atoms with van der Waals surface area (Å²) in [5.74, 6) is 0.989. The number of thiazole rings is 1. The number of sulfonamides is 1. The summed E-state index contributed by atoms with van der Waals surface area (Å²) in [7, 11) is -3.22. The second kappa shape index (κ2) is 9.85. The lowest BCUT2D eigenvalue weighted by atomic mass is 10.2. The van der Waals surface area contributed by atoms with Gasteiger partial charge in [0.15, 0.2) is 5.13 Å². The topological polar surface area (TPSA) is 109 Å². The van der Waals surface area contributed by atoms with Crippen molar-refractivity contribution in [2.75, 3.05) is 30.0 Å². The molecule has 8 nitrogen and oxygen atoms in total. The van der Waals surface area contributed by atoms with Crippen LogP contribution in [0, 0.1) is 12.8 Å². The Morgan fingerprint density at radius 1 is 1.29 bits per heavy atom. The molecule has 0 aliphatic carbocycles. The van der Waals surface area contributed by atoms with Gasteiger partial charge in [-0.2, -0.15) is 0 Å². The molecule has 0 spiro atoms. The molecule has 1 aromatic heterocycles. The Labute approximate surface area is 169 Å². The van der Waals surface area contributed by atoms with Crippen molar-refractivity contribution >= 4 is 38.2 Å². The fraction of sp³-hybridized carbons (Fsp3) is 0.444. The number of amides is 2. The van der Waals surface area contributed by atoms with Gasteiger partial charge in [0.25, 0.3) is 0 Å². The quantitative estimate of drug-likeness (QED) is 0.570. The Bertz CT molecular complexity index is 910. The molecule has 2 aromatic rings. The molecule has 28 heavy (non-hydrogen) atoms. The van der Waals surface area contributed by atoms with E-state index in [1.807, 2.05) is 19.1 Å². The number of rotatable bonds is 9. The molecule has 10 heteroatoms. The highest BCUT2D eigenvalue weighted by Gasteiger charge is 2.11. The summed E-state index contributed by atoms with van der Waals surface area (Å²) in [6.45, 7) is 6.91. The van der Waals surface area contributed by atoms with Crippen molar-refractivity contribution in [3.63, 3.8) is 0 Å². The van der Waals surface area contributed by atoms with Crippen molar-refractivity contribution < 1.29 is 17.9 Å². The van der Waals surface area contributed by atoms with Crippen molar-refractivity contribution in [3.05, 3.63) is 34.8 Å². The minimum atomic E-state index is -3.22. The second-order valence-corrected chi connectivity index (χ2v) is 9.78. The Balaban J connectivity index is 1.94. The maximum Gasteiger partial charge on any atom is 0.325 e. The molecule has 0 fully saturated rings. The zero-order valence-electron chi connectivity index (χ0n) is 16.4. The fourth-order valence-electron chi connectivity index (χ4n) is 2.20. The average Bonchev–Trinajstić information content (AvgIpc) is 3.01. The average molecular weight is 427 g/mol. The van der Waals surface area contributed by atoms with Crippen LogP contribution in [0.5, 0.6) is 5.75 Å². The zero-order chi connectivity index (χ0) is 20.7. The van der Waals surface area contributed by atoms with Crippen LogP contribution in [0.4, 0.5) is 15.6 Å². The van der Waals surface area contributed by atoms with Gasteiger partial charge >= 0.3 is 6.03 Å². The third kappa shape index (κ3) is 7.83. The number of nitrogens with zero attached hydrogens (tertiary/aromatic N) is 1. The molecule has 0 bridgehead atoms. The van der Waals surface area contributed by atoms with Gasteiger partial charge < -0.3 is 10.1 Å². The molecule has 0 atom stereocenters. The molecule has 0 saturated heterocycles. The molecule has 154 valence electrons. The van der Waals surface area contributed by atoms with E-state index in [9.17, 15) is 13.2 Å². The molecule has 3 N–H and O–H groups in total. The highest BCUT2D eigenvalue weighted by Crippen LogP contribution is 2.27.